The summed E-state index contributed by atoms with van der Waals surface area (Å²) in [5.41, 5.74) is 2.15. The van der Waals surface area contributed by atoms with Crippen LogP contribution < -0.4 is 9.64 Å². The standard InChI is InChI=1S/C15H23NO3/c1-10(2)12-6-7-14(19-5)13(9-12)16(4)11(3)8-15(17)18/h6-7,9-11H,8H2,1-5H3,(H,17,18). The van der Waals surface area contributed by atoms with Crippen LogP contribution in [0.3, 0.4) is 0 Å². The van der Waals surface area contributed by atoms with E-state index in [1.54, 1.807) is 7.11 Å². The first-order chi connectivity index (χ1) is 8.86. The lowest BCUT2D eigenvalue weighted by Crippen LogP contribution is -2.31. The van der Waals surface area contributed by atoms with Crippen molar-refractivity contribution in [3.8, 4) is 5.75 Å². The minimum absolute atomic E-state index is 0.0891. The lowest BCUT2D eigenvalue weighted by molar-refractivity contribution is -0.137. The second kappa shape index (κ2) is 6.45. The molecular weight excluding hydrogens is 242 g/mol. The number of ether oxygens (including phenoxy) is 1. The molecular formula is C15H23NO3. The van der Waals surface area contributed by atoms with Gasteiger partial charge in [0.05, 0.1) is 19.2 Å². The average molecular weight is 265 g/mol. The second-order valence-corrected chi connectivity index (χ2v) is 5.14. The molecule has 0 aliphatic rings. The molecule has 0 bridgehead atoms. The molecule has 0 saturated carbocycles. The first kappa shape index (κ1) is 15.3. The Morgan fingerprint density at radius 1 is 1.37 bits per heavy atom. The normalized spacial score (nSPS) is 12.3. The zero-order valence-corrected chi connectivity index (χ0v) is 12.3. The summed E-state index contributed by atoms with van der Waals surface area (Å²) in [5, 5.41) is 8.89. The molecule has 1 atom stereocenters. The summed E-state index contributed by atoms with van der Waals surface area (Å²) in [6, 6.07) is 5.97. The van der Waals surface area contributed by atoms with Gasteiger partial charge in [-0.1, -0.05) is 19.9 Å². The smallest absolute Gasteiger partial charge is 0.305 e. The summed E-state index contributed by atoms with van der Waals surface area (Å²) in [7, 11) is 3.53. The molecule has 19 heavy (non-hydrogen) atoms. The van der Waals surface area contributed by atoms with Crippen molar-refractivity contribution in [1.29, 1.82) is 0 Å². The quantitative estimate of drug-likeness (QED) is 0.858. The molecule has 0 amide bonds. The molecule has 0 aliphatic heterocycles. The van der Waals surface area contributed by atoms with Gasteiger partial charge in [0.1, 0.15) is 5.75 Å². The average Bonchev–Trinajstić information content (AvgIpc) is 2.36. The van der Waals surface area contributed by atoms with E-state index in [0.717, 1.165) is 11.4 Å². The van der Waals surface area contributed by atoms with Crippen LogP contribution in [-0.4, -0.2) is 31.3 Å². The Labute approximate surface area is 115 Å². The number of benzene rings is 1. The van der Waals surface area contributed by atoms with Gasteiger partial charge in [-0.05, 0) is 30.5 Å². The van der Waals surface area contributed by atoms with E-state index in [1.807, 2.05) is 31.0 Å². The highest BCUT2D eigenvalue weighted by Crippen LogP contribution is 2.32. The monoisotopic (exact) mass is 265 g/mol. The largest absolute Gasteiger partial charge is 0.495 e. The van der Waals surface area contributed by atoms with Crippen LogP contribution in [0.1, 0.15) is 38.7 Å². The van der Waals surface area contributed by atoms with Gasteiger partial charge in [0.2, 0.25) is 0 Å². The van der Waals surface area contributed by atoms with Gasteiger partial charge in [-0.15, -0.1) is 0 Å². The molecule has 0 radical (unpaired) electrons. The van der Waals surface area contributed by atoms with Gasteiger partial charge >= 0.3 is 5.97 Å². The second-order valence-electron chi connectivity index (χ2n) is 5.14. The van der Waals surface area contributed by atoms with Gasteiger partial charge in [-0.3, -0.25) is 4.79 Å². The Hall–Kier alpha value is -1.71. The molecule has 1 aromatic rings. The SMILES string of the molecule is COc1ccc(C(C)C)cc1N(C)C(C)CC(=O)O. The molecule has 0 heterocycles. The van der Waals surface area contributed by atoms with Crippen LogP contribution >= 0.6 is 0 Å². The van der Waals surface area contributed by atoms with Crippen molar-refractivity contribution in [3.63, 3.8) is 0 Å². The molecule has 0 spiro atoms. The van der Waals surface area contributed by atoms with E-state index in [-0.39, 0.29) is 12.5 Å². The fourth-order valence-corrected chi connectivity index (χ4v) is 1.97. The maximum atomic E-state index is 10.8. The maximum Gasteiger partial charge on any atom is 0.305 e. The van der Waals surface area contributed by atoms with Crippen molar-refractivity contribution in [2.24, 2.45) is 0 Å². The lowest BCUT2D eigenvalue weighted by Gasteiger charge is -2.28. The van der Waals surface area contributed by atoms with E-state index in [4.69, 9.17) is 9.84 Å². The molecule has 4 heteroatoms. The summed E-state index contributed by atoms with van der Waals surface area (Å²) in [4.78, 5) is 12.8. The number of carbonyl (C=O) groups is 1. The van der Waals surface area contributed by atoms with Gasteiger partial charge < -0.3 is 14.7 Å². The van der Waals surface area contributed by atoms with Crippen LogP contribution in [0.4, 0.5) is 5.69 Å². The van der Waals surface area contributed by atoms with E-state index < -0.39 is 5.97 Å². The van der Waals surface area contributed by atoms with Crippen LogP contribution in [0.15, 0.2) is 18.2 Å². The predicted octanol–water partition coefficient (Wildman–Crippen LogP) is 3.12. The first-order valence-electron chi connectivity index (χ1n) is 6.49. The summed E-state index contributed by atoms with van der Waals surface area (Å²) in [6.07, 6.45) is 0.103. The number of rotatable bonds is 6. The zero-order valence-electron chi connectivity index (χ0n) is 12.3. The maximum absolute atomic E-state index is 10.8. The van der Waals surface area contributed by atoms with Crippen molar-refractivity contribution < 1.29 is 14.6 Å². The fraction of sp³-hybridized carbons (Fsp3) is 0.533. The number of methoxy groups -OCH3 is 1. The van der Waals surface area contributed by atoms with Gasteiger partial charge in [0.25, 0.3) is 0 Å². The summed E-state index contributed by atoms with van der Waals surface area (Å²) >= 11 is 0. The van der Waals surface area contributed by atoms with Crippen LogP contribution in [-0.2, 0) is 4.79 Å². The van der Waals surface area contributed by atoms with Gasteiger partial charge in [-0.2, -0.15) is 0 Å². The minimum Gasteiger partial charge on any atom is -0.495 e. The third-order valence-electron chi connectivity index (χ3n) is 3.38. The van der Waals surface area contributed by atoms with Crippen LogP contribution in [0, 0.1) is 0 Å². The van der Waals surface area contributed by atoms with Crippen LogP contribution in [0.2, 0.25) is 0 Å². The van der Waals surface area contributed by atoms with Crippen LogP contribution in [0.5, 0.6) is 5.75 Å². The highest BCUT2D eigenvalue weighted by atomic mass is 16.5. The molecule has 1 rings (SSSR count). The third kappa shape index (κ3) is 3.88. The molecule has 1 unspecified atom stereocenters. The summed E-state index contributed by atoms with van der Waals surface area (Å²) in [5.74, 6) is 0.398. The fourth-order valence-electron chi connectivity index (χ4n) is 1.97. The number of carboxylic acid groups (broad SMARTS) is 1. The number of hydrogen-bond acceptors (Lipinski definition) is 3. The number of aliphatic carboxylic acids is 1. The van der Waals surface area contributed by atoms with Gasteiger partial charge in [0.15, 0.2) is 0 Å². The number of nitrogens with zero attached hydrogens (tertiary/aromatic N) is 1. The van der Waals surface area contributed by atoms with Crippen molar-refractivity contribution in [2.45, 2.75) is 39.2 Å². The van der Waals surface area contributed by atoms with E-state index in [1.165, 1.54) is 5.56 Å². The first-order valence-corrected chi connectivity index (χ1v) is 6.49. The third-order valence-corrected chi connectivity index (χ3v) is 3.38. The molecule has 1 N–H and O–H groups in total. The lowest BCUT2D eigenvalue weighted by atomic mass is 10.0. The molecule has 1 aromatic carbocycles. The van der Waals surface area contributed by atoms with E-state index in [9.17, 15) is 4.79 Å². The van der Waals surface area contributed by atoms with E-state index in [2.05, 4.69) is 19.9 Å². The Morgan fingerprint density at radius 2 is 2.00 bits per heavy atom. The molecule has 0 aliphatic carbocycles. The predicted molar refractivity (Wildman–Crippen MR) is 77.2 cm³/mol. The summed E-state index contributed by atoms with van der Waals surface area (Å²) in [6.45, 7) is 6.16. The topological polar surface area (TPSA) is 49.8 Å². The minimum atomic E-state index is -0.793. The molecule has 0 aromatic heterocycles. The highest BCUT2D eigenvalue weighted by Gasteiger charge is 2.17. The molecule has 4 nitrogen and oxygen atoms in total. The molecule has 0 saturated heterocycles. The number of anilines is 1. The zero-order chi connectivity index (χ0) is 14.6. The Bertz CT molecular complexity index is 443. The van der Waals surface area contributed by atoms with Crippen LogP contribution in [0.25, 0.3) is 0 Å². The van der Waals surface area contributed by atoms with Crippen molar-refractivity contribution >= 4 is 11.7 Å². The molecule has 106 valence electrons. The van der Waals surface area contributed by atoms with Gasteiger partial charge in [-0.25, -0.2) is 0 Å². The Kier molecular flexibility index (Phi) is 5.21. The number of carboxylic acids is 1. The van der Waals surface area contributed by atoms with E-state index in [0.29, 0.717) is 5.92 Å². The summed E-state index contributed by atoms with van der Waals surface area (Å²) < 4.78 is 5.37. The Morgan fingerprint density at radius 3 is 2.47 bits per heavy atom. The molecule has 0 fully saturated rings. The van der Waals surface area contributed by atoms with E-state index >= 15 is 0 Å². The van der Waals surface area contributed by atoms with Gasteiger partial charge in [0, 0.05) is 13.1 Å². The van der Waals surface area contributed by atoms with Crippen molar-refractivity contribution in [1.82, 2.24) is 0 Å². The highest BCUT2D eigenvalue weighted by molar-refractivity contribution is 5.69. The van der Waals surface area contributed by atoms with Crippen molar-refractivity contribution in [2.75, 3.05) is 19.1 Å². The van der Waals surface area contributed by atoms with Crippen molar-refractivity contribution in [3.05, 3.63) is 23.8 Å². The Balaban J connectivity index is 3.08. The number of hydrogen-bond donors (Lipinski definition) is 1.